The van der Waals surface area contributed by atoms with Crippen LogP contribution in [0.25, 0.3) is 0 Å². The first kappa shape index (κ1) is 9.71. The molecule has 0 aliphatic rings. The third-order valence-corrected chi connectivity index (χ3v) is 2.21. The Morgan fingerprint density at radius 3 is 2.20 bits per heavy atom. The summed E-state index contributed by atoms with van der Waals surface area (Å²) in [7, 11) is 0. The van der Waals surface area contributed by atoms with E-state index >= 15 is 0 Å². The van der Waals surface area contributed by atoms with Gasteiger partial charge in [0.15, 0.2) is 0 Å². The van der Waals surface area contributed by atoms with E-state index in [-0.39, 0.29) is 0 Å². The number of halogens is 1. The second-order valence-corrected chi connectivity index (χ2v) is 3.46. The lowest BCUT2D eigenvalue weighted by Crippen LogP contribution is -2.02. The van der Waals surface area contributed by atoms with Crippen molar-refractivity contribution in [3.63, 3.8) is 0 Å². The molecule has 0 saturated heterocycles. The number of aryl methyl sites for hydroxylation is 1. The standard InChI is InChI=1S/C13H12FN/c1-11-6-5-9-13(10-11)15(14)12-7-3-2-4-8-12/h2-10H,1H3. The molecule has 0 fully saturated rings. The average Bonchev–Trinajstić information content (AvgIpc) is 2.29. The highest BCUT2D eigenvalue weighted by Crippen LogP contribution is 2.25. The van der Waals surface area contributed by atoms with Gasteiger partial charge in [-0.05, 0) is 36.8 Å². The molecule has 0 atom stereocenters. The molecule has 2 aromatic rings. The van der Waals surface area contributed by atoms with Gasteiger partial charge in [0.2, 0.25) is 0 Å². The fourth-order valence-electron chi connectivity index (χ4n) is 1.46. The Balaban J connectivity index is 2.32. The van der Waals surface area contributed by atoms with Crippen molar-refractivity contribution in [1.29, 1.82) is 0 Å². The summed E-state index contributed by atoms with van der Waals surface area (Å²) in [5, 5.41) is 0.688. The molecule has 0 aliphatic heterocycles. The maximum Gasteiger partial charge on any atom is 0.0749 e. The van der Waals surface area contributed by atoms with Gasteiger partial charge in [-0.3, -0.25) is 0 Å². The van der Waals surface area contributed by atoms with Crippen molar-refractivity contribution in [2.45, 2.75) is 6.92 Å². The molecule has 2 heteroatoms. The number of anilines is 2. The van der Waals surface area contributed by atoms with E-state index in [9.17, 15) is 4.48 Å². The zero-order valence-corrected chi connectivity index (χ0v) is 8.52. The normalized spacial score (nSPS) is 10.0. The van der Waals surface area contributed by atoms with E-state index < -0.39 is 0 Å². The molecule has 0 N–H and O–H groups in total. The predicted molar refractivity (Wildman–Crippen MR) is 60.9 cm³/mol. The molecule has 1 nitrogen and oxygen atoms in total. The maximum atomic E-state index is 13.9. The monoisotopic (exact) mass is 201 g/mol. The van der Waals surface area contributed by atoms with Crippen LogP contribution in [0.3, 0.4) is 0 Å². The predicted octanol–water partition coefficient (Wildman–Crippen LogP) is 4.02. The van der Waals surface area contributed by atoms with Gasteiger partial charge < -0.3 is 0 Å². The van der Waals surface area contributed by atoms with E-state index in [1.54, 1.807) is 18.2 Å². The molecular weight excluding hydrogens is 189 g/mol. The van der Waals surface area contributed by atoms with Crippen LogP contribution in [-0.4, -0.2) is 0 Å². The zero-order chi connectivity index (χ0) is 10.7. The summed E-state index contributed by atoms with van der Waals surface area (Å²) in [5.41, 5.74) is 2.15. The quantitative estimate of drug-likeness (QED) is 0.663. The van der Waals surface area contributed by atoms with Gasteiger partial charge in [0.25, 0.3) is 0 Å². The van der Waals surface area contributed by atoms with Gasteiger partial charge in [-0.25, -0.2) is 0 Å². The van der Waals surface area contributed by atoms with Crippen LogP contribution in [0.15, 0.2) is 54.6 Å². The van der Waals surface area contributed by atoms with Gasteiger partial charge in [-0.15, -0.1) is 0 Å². The Bertz CT molecular complexity index is 439. The fraction of sp³-hybridized carbons (Fsp3) is 0.0769. The lowest BCUT2D eigenvalue weighted by molar-refractivity contribution is 0.505. The number of hydrogen-bond acceptors (Lipinski definition) is 1. The first-order valence-corrected chi connectivity index (χ1v) is 4.85. The Morgan fingerprint density at radius 1 is 0.867 bits per heavy atom. The minimum absolute atomic E-state index is 0.545. The molecule has 0 saturated carbocycles. The SMILES string of the molecule is Cc1cccc(N(F)c2ccccc2)c1. The first-order valence-electron chi connectivity index (χ1n) is 4.85. The van der Waals surface area contributed by atoms with Gasteiger partial charge in [-0.1, -0.05) is 34.8 Å². The Morgan fingerprint density at radius 2 is 1.53 bits per heavy atom. The van der Waals surface area contributed by atoms with Crippen LogP contribution in [0.4, 0.5) is 15.9 Å². The molecule has 2 aromatic carbocycles. The molecule has 76 valence electrons. The van der Waals surface area contributed by atoms with Crippen LogP contribution in [0.1, 0.15) is 5.56 Å². The van der Waals surface area contributed by atoms with Crippen LogP contribution in [0, 0.1) is 6.92 Å². The molecule has 2 rings (SSSR count). The molecule has 0 heterocycles. The summed E-state index contributed by atoms with van der Waals surface area (Å²) in [6.07, 6.45) is 0. The summed E-state index contributed by atoms with van der Waals surface area (Å²) in [5.74, 6) is 0. The number of para-hydroxylation sites is 1. The number of rotatable bonds is 2. The summed E-state index contributed by atoms with van der Waals surface area (Å²) in [6.45, 7) is 1.95. The highest BCUT2D eigenvalue weighted by molar-refractivity contribution is 5.60. The summed E-state index contributed by atoms with van der Waals surface area (Å²) in [6, 6.07) is 16.3. The van der Waals surface area contributed by atoms with Crippen molar-refractivity contribution in [3.05, 3.63) is 60.2 Å². The minimum Gasteiger partial charge on any atom is -0.180 e. The van der Waals surface area contributed by atoms with Gasteiger partial charge in [0.1, 0.15) is 0 Å². The Hall–Kier alpha value is -1.83. The third kappa shape index (κ3) is 2.15. The molecule has 0 unspecified atom stereocenters. The number of nitrogens with zero attached hydrogens (tertiary/aromatic N) is 1. The van der Waals surface area contributed by atoms with E-state index in [1.165, 1.54) is 0 Å². The molecule has 0 aromatic heterocycles. The van der Waals surface area contributed by atoms with Crippen molar-refractivity contribution in [2.75, 3.05) is 5.12 Å². The fourth-order valence-corrected chi connectivity index (χ4v) is 1.46. The van der Waals surface area contributed by atoms with E-state index in [0.717, 1.165) is 5.56 Å². The average molecular weight is 201 g/mol. The summed E-state index contributed by atoms with van der Waals surface area (Å²) >= 11 is 0. The van der Waals surface area contributed by atoms with Gasteiger partial charge in [-0.2, -0.15) is 5.12 Å². The largest absolute Gasteiger partial charge is 0.180 e. The van der Waals surface area contributed by atoms with E-state index in [2.05, 4.69) is 0 Å². The smallest absolute Gasteiger partial charge is 0.0749 e. The van der Waals surface area contributed by atoms with Gasteiger partial charge in [0, 0.05) is 0 Å². The lowest BCUT2D eigenvalue weighted by atomic mass is 10.2. The van der Waals surface area contributed by atoms with Crippen LogP contribution >= 0.6 is 0 Å². The number of hydrogen-bond donors (Lipinski definition) is 0. The van der Waals surface area contributed by atoms with E-state index in [0.29, 0.717) is 16.5 Å². The van der Waals surface area contributed by atoms with Crippen molar-refractivity contribution in [3.8, 4) is 0 Å². The molecule has 15 heavy (non-hydrogen) atoms. The summed E-state index contributed by atoms with van der Waals surface area (Å²) in [4.78, 5) is 0. The zero-order valence-electron chi connectivity index (χ0n) is 8.52. The first-order chi connectivity index (χ1) is 7.27. The molecule has 0 bridgehead atoms. The molecular formula is C13H12FN. The summed E-state index contributed by atoms with van der Waals surface area (Å²) < 4.78 is 13.9. The minimum atomic E-state index is 0.545. The van der Waals surface area contributed by atoms with Crippen molar-refractivity contribution < 1.29 is 4.48 Å². The third-order valence-electron chi connectivity index (χ3n) is 2.21. The van der Waals surface area contributed by atoms with Crippen molar-refractivity contribution in [2.24, 2.45) is 0 Å². The van der Waals surface area contributed by atoms with Crippen LogP contribution in [0.5, 0.6) is 0 Å². The van der Waals surface area contributed by atoms with Crippen molar-refractivity contribution in [1.82, 2.24) is 0 Å². The van der Waals surface area contributed by atoms with Crippen LogP contribution in [-0.2, 0) is 0 Å². The Labute approximate surface area is 88.7 Å². The molecule has 0 radical (unpaired) electrons. The second kappa shape index (κ2) is 4.13. The Kier molecular flexibility index (Phi) is 2.68. The highest BCUT2D eigenvalue weighted by atomic mass is 19.2. The van der Waals surface area contributed by atoms with Crippen LogP contribution in [0.2, 0.25) is 0 Å². The van der Waals surface area contributed by atoms with Crippen molar-refractivity contribution >= 4 is 11.4 Å². The second-order valence-electron chi connectivity index (χ2n) is 3.46. The highest BCUT2D eigenvalue weighted by Gasteiger charge is 2.06. The maximum absolute atomic E-state index is 13.9. The molecule has 0 spiro atoms. The van der Waals surface area contributed by atoms with E-state index in [1.807, 2.05) is 43.3 Å². The topological polar surface area (TPSA) is 3.24 Å². The molecule has 0 aliphatic carbocycles. The van der Waals surface area contributed by atoms with Gasteiger partial charge >= 0.3 is 0 Å². The van der Waals surface area contributed by atoms with Gasteiger partial charge in [0.05, 0.1) is 11.4 Å². The lowest BCUT2D eigenvalue weighted by Gasteiger charge is -2.13. The number of benzene rings is 2. The van der Waals surface area contributed by atoms with Crippen LogP contribution < -0.4 is 5.12 Å². The molecule has 0 amide bonds. The van der Waals surface area contributed by atoms with E-state index in [4.69, 9.17) is 0 Å².